The first kappa shape index (κ1) is 22.9. The molecule has 0 bridgehead atoms. The fourth-order valence-corrected chi connectivity index (χ4v) is 3.74. The van der Waals surface area contributed by atoms with E-state index in [-0.39, 0.29) is 23.7 Å². The van der Waals surface area contributed by atoms with Gasteiger partial charge >= 0.3 is 0 Å². The maximum Gasteiger partial charge on any atom is 0.273 e. The number of hydrogen-bond acceptors (Lipinski definition) is 8. The molecule has 0 aliphatic carbocycles. The number of amides is 1. The zero-order valence-corrected chi connectivity index (χ0v) is 19.2. The molecule has 1 aromatic carbocycles. The molecular weight excluding hydrogens is 420 g/mol. The molecule has 2 atom stereocenters. The number of nitrogens with one attached hydrogen (secondary N) is 3. The summed E-state index contributed by atoms with van der Waals surface area (Å²) in [7, 11) is 3.50. The van der Waals surface area contributed by atoms with Crippen molar-refractivity contribution in [3.63, 3.8) is 0 Å². The lowest BCUT2D eigenvalue weighted by Gasteiger charge is -2.33. The number of pyridine rings is 1. The van der Waals surface area contributed by atoms with E-state index in [4.69, 9.17) is 9.47 Å². The topological polar surface area (TPSA) is 110 Å². The molecule has 9 heteroatoms. The highest BCUT2D eigenvalue weighted by Gasteiger charge is 2.27. The summed E-state index contributed by atoms with van der Waals surface area (Å²) in [6.07, 6.45) is 3.80. The highest BCUT2D eigenvalue weighted by atomic mass is 16.5. The van der Waals surface area contributed by atoms with Gasteiger partial charge in [-0.15, -0.1) is 10.2 Å². The van der Waals surface area contributed by atoms with Crippen molar-refractivity contribution in [2.75, 3.05) is 39.2 Å². The van der Waals surface area contributed by atoms with Crippen molar-refractivity contribution >= 4 is 22.5 Å². The third-order valence-corrected chi connectivity index (χ3v) is 5.76. The van der Waals surface area contributed by atoms with Crippen LogP contribution in [-0.2, 0) is 4.74 Å². The van der Waals surface area contributed by atoms with Gasteiger partial charge in [-0.3, -0.25) is 4.79 Å². The summed E-state index contributed by atoms with van der Waals surface area (Å²) >= 11 is 0. The monoisotopic (exact) mass is 450 g/mol. The second-order valence-corrected chi connectivity index (χ2v) is 8.06. The molecule has 1 aliphatic rings. The summed E-state index contributed by atoms with van der Waals surface area (Å²) < 4.78 is 11.3. The number of ether oxygens (including phenoxy) is 2. The third kappa shape index (κ3) is 5.20. The number of nitrogens with zero attached hydrogens (tertiary/aromatic N) is 3. The molecule has 0 spiro atoms. The Kier molecular flexibility index (Phi) is 7.31. The van der Waals surface area contributed by atoms with Crippen LogP contribution in [0.25, 0.3) is 22.0 Å². The summed E-state index contributed by atoms with van der Waals surface area (Å²) in [4.78, 5) is 17.0. The second kappa shape index (κ2) is 10.5. The van der Waals surface area contributed by atoms with Gasteiger partial charge in [-0.2, -0.15) is 0 Å². The average molecular weight is 451 g/mol. The molecule has 1 amide bonds. The molecule has 33 heavy (non-hydrogen) atoms. The molecule has 9 nitrogen and oxygen atoms in total. The third-order valence-electron chi connectivity index (χ3n) is 5.76. The van der Waals surface area contributed by atoms with Crippen molar-refractivity contribution in [3.05, 3.63) is 42.2 Å². The number of rotatable bonds is 10. The summed E-state index contributed by atoms with van der Waals surface area (Å²) in [6, 6.07) is 9.77. The molecule has 1 fully saturated rings. The van der Waals surface area contributed by atoms with Crippen molar-refractivity contribution in [1.82, 2.24) is 25.8 Å². The number of carbonyl (C=O) groups is 1. The van der Waals surface area contributed by atoms with Gasteiger partial charge in [-0.25, -0.2) is 4.98 Å². The predicted octanol–water partition coefficient (Wildman–Crippen LogP) is 2.63. The van der Waals surface area contributed by atoms with Gasteiger partial charge in [0.2, 0.25) is 5.88 Å². The number of fused-ring (bicyclic) bond motifs is 1. The van der Waals surface area contributed by atoms with Crippen LogP contribution in [0.4, 0.5) is 5.69 Å². The van der Waals surface area contributed by atoms with Crippen LogP contribution in [0.15, 0.2) is 36.5 Å². The van der Waals surface area contributed by atoms with Crippen LogP contribution in [0.5, 0.6) is 5.88 Å². The quantitative estimate of drug-likeness (QED) is 0.405. The minimum Gasteiger partial charge on any atom is -0.478 e. The number of anilines is 1. The van der Waals surface area contributed by atoms with Gasteiger partial charge in [-0.05, 0) is 57.1 Å². The van der Waals surface area contributed by atoms with E-state index in [9.17, 15) is 4.79 Å². The smallest absolute Gasteiger partial charge is 0.273 e. The van der Waals surface area contributed by atoms with E-state index >= 15 is 0 Å². The first-order valence-corrected chi connectivity index (χ1v) is 11.2. The minimum absolute atomic E-state index is 0.0271. The highest BCUT2D eigenvalue weighted by molar-refractivity contribution is 6.06. The molecule has 2 aromatic heterocycles. The zero-order chi connectivity index (χ0) is 23.2. The van der Waals surface area contributed by atoms with E-state index in [1.807, 2.05) is 44.3 Å². The number of benzene rings is 1. The number of hydrogen-bond donors (Lipinski definition) is 3. The Morgan fingerprint density at radius 2 is 2.03 bits per heavy atom. The van der Waals surface area contributed by atoms with Gasteiger partial charge in [0, 0.05) is 42.9 Å². The molecule has 0 saturated carbocycles. The number of carbonyl (C=O) groups excluding carboxylic acids is 1. The van der Waals surface area contributed by atoms with Crippen LogP contribution in [0, 0.1) is 0 Å². The zero-order valence-electron chi connectivity index (χ0n) is 19.2. The first-order valence-electron chi connectivity index (χ1n) is 11.2. The van der Waals surface area contributed by atoms with Crippen molar-refractivity contribution in [1.29, 1.82) is 0 Å². The Morgan fingerprint density at radius 1 is 1.21 bits per heavy atom. The summed E-state index contributed by atoms with van der Waals surface area (Å²) in [6.45, 7) is 4.33. The van der Waals surface area contributed by atoms with Crippen molar-refractivity contribution in [3.8, 4) is 17.0 Å². The van der Waals surface area contributed by atoms with Crippen LogP contribution < -0.4 is 20.7 Å². The fourth-order valence-electron chi connectivity index (χ4n) is 3.74. The molecule has 3 heterocycles. The molecule has 4 rings (SSSR count). The Balaban J connectivity index is 1.65. The van der Waals surface area contributed by atoms with Crippen molar-refractivity contribution < 1.29 is 14.3 Å². The predicted molar refractivity (Wildman–Crippen MR) is 128 cm³/mol. The molecule has 174 valence electrons. The highest BCUT2D eigenvalue weighted by Crippen LogP contribution is 2.31. The van der Waals surface area contributed by atoms with Crippen LogP contribution in [0.3, 0.4) is 0 Å². The normalized spacial score (nSPS) is 16.2. The van der Waals surface area contributed by atoms with Crippen LogP contribution in [0.2, 0.25) is 0 Å². The Bertz CT molecular complexity index is 1100. The van der Waals surface area contributed by atoms with E-state index in [1.165, 1.54) is 0 Å². The summed E-state index contributed by atoms with van der Waals surface area (Å²) in [5, 5.41) is 18.5. The van der Waals surface area contributed by atoms with Crippen LogP contribution >= 0.6 is 0 Å². The first-order chi connectivity index (χ1) is 16.1. The Hall–Kier alpha value is -3.30. The van der Waals surface area contributed by atoms with Gasteiger partial charge in [0.1, 0.15) is 0 Å². The van der Waals surface area contributed by atoms with Gasteiger partial charge in [0.15, 0.2) is 5.69 Å². The van der Waals surface area contributed by atoms with Crippen molar-refractivity contribution in [2.45, 2.75) is 31.9 Å². The van der Waals surface area contributed by atoms with E-state index in [2.05, 4.69) is 31.1 Å². The minimum atomic E-state index is -0.291. The average Bonchev–Trinajstić information content (AvgIpc) is 2.80. The van der Waals surface area contributed by atoms with E-state index < -0.39 is 0 Å². The lowest BCUT2D eigenvalue weighted by Crippen LogP contribution is -2.41. The molecule has 0 radical (unpaired) electrons. The number of aromatic nitrogens is 3. The lowest BCUT2D eigenvalue weighted by atomic mass is 10.0. The largest absolute Gasteiger partial charge is 0.478 e. The Morgan fingerprint density at radius 3 is 2.70 bits per heavy atom. The fraction of sp³-hybridized carbons (Fsp3) is 0.417. The molecule has 1 aliphatic heterocycles. The standard InChI is InChI=1S/C24H30N6O3/c1-15(20-9-12-32-20)28-22-18-13-16(5-7-19(18)29-30-23(22)24(31)26-3)17-6-8-21(27-14-17)33-11-4-10-25-2/h5-8,13-15,20,25H,4,9-12H2,1-3H3,(H,26,31)(H,28,29)/t15-,20?/m0/s1. The van der Waals surface area contributed by atoms with Crippen LogP contribution in [0.1, 0.15) is 30.3 Å². The second-order valence-electron chi connectivity index (χ2n) is 8.06. The molecule has 3 N–H and O–H groups in total. The van der Waals surface area contributed by atoms with E-state index in [0.29, 0.717) is 23.7 Å². The molecule has 1 saturated heterocycles. The van der Waals surface area contributed by atoms with Crippen molar-refractivity contribution in [2.24, 2.45) is 0 Å². The maximum atomic E-state index is 12.5. The SMILES string of the molecule is CNCCCOc1ccc(-c2ccc3nnc(C(=O)NC)c(N[C@@H](C)C4CCO4)c3c2)cn1. The van der Waals surface area contributed by atoms with Gasteiger partial charge < -0.3 is 25.4 Å². The van der Waals surface area contributed by atoms with E-state index in [1.54, 1.807) is 13.2 Å². The molecule has 1 unspecified atom stereocenters. The summed E-state index contributed by atoms with van der Waals surface area (Å²) in [5.74, 6) is 0.306. The van der Waals surface area contributed by atoms with Gasteiger partial charge in [0.05, 0.1) is 23.9 Å². The molecular formula is C24H30N6O3. The van der Waals surface area contributed by atoms with Gasteiger partial charge in [0.25, 0.3) is 5.91 Å². The molecule has 3 aromatic rings. The van der Waals surface area contributed by atoms with E-state index in [0.717, 1.165) is 42.5 Å². The Labute approximate surface area is 193 Å². The lowest BCUT2D eigenvalue weighted by molar-refractivity contribution is -0.0575. The van der Waals surface area contributed by atoms with Gasteiger partial charge in [-0.1, -0.05) is 6.07 Å². The maximum absolute atomic E-state index is 12.5. The van der Waals surface area contributed by atoms with Crippen LogP contribution in [-0.4, -0.2) is 67.1 Å². The summed E-state index contributed by atoms with van der Waals surface area (Å²) in [5.41, 5.74) is 3.52.